The monoisotopic (exact) mass is 313 g/mol. The fourth-order valence-corrected chi connectivity index (χ4v) is 2.55. The molecule has 1 N–H and O–H groups in total. The number of amides is 1. The van der Waals surface area contributed by atoms with Crippen LogP contribution in [0.25, 0.3) is 10.7 Å². The third-order valence-corrected chi connectivity index (χ3v) is 3.96. The summed E-state index contributed by atoms with van der Waals surface area (Å²) >= 11 is 1.54. The van der Waals surface area contributed by atoms with E-state index in [-0.39, 0.29) is 12.5 Å². The lowest BCUT2D eigenvalue weighted by Crippen LogP contribution is -2.28. The first-order chi connectivity index (χ1) is 10.7. The predicted molar refractivity (Wildman–Crippen MR) is 84.2 cm³/mol. The van der Waals surface area contributed by atoms with Gasteiger partial charge < -0.3 is 5.32 Å². The number of aromatic nitrogens is 4. The highest BCUT2D eigenvalue weighted by Crippen LogP contribution is 2.19. The number of tetrazole rings is 1. The van der Waals surface area contributed by atoms with E-state index in [1.165, 1.54) is 21.7 Å². The van der Waals surface area contributed by atoms with E-state index in [0.717, 1.165) is 10.4 Å². The van der Waals surface area contributed by atoms with Crippen molar-refractivity contribution in [3.8, 4) is 10.7 Å². The Bertz CT molecular complexity index is 749. The number of nitrogens with one attached hydrogen (secondary N) is 1. The SMILES string of the molecule is Cc1ccc(CNC(=O)Cn2nnc(-c3cccs3)n2)cc1. The molecule has 0 saturated heterocycles. The van der Waals surface area contributed by atoms with E-state index >= 15 is 0 Å². The van der Waals surface area contributed by atoms with Crippen molar-refractivity contribution >= 4 is 17.2 Å². The number of nitrogens with zero attached hydrogens (tertiary/aromatic N) is 4. The lowest BCUT2D eigenvalue weighted by atomic mass is 10.1. The van der Waals surface area contributed by atoms with E-state index in [0.29, 0.717) is 12.4 Å². The summed E-state index contributed by atoms with van der Waals surface area (Å²) in [5, 5.41) is 16.9. The van der Waals surface area contributed by atoms with Gasteiger partial charge in [0.2, 0.25) is 11.7 Å². The van der Waals surface area contributed by atoms with Crippen LogP contribution in [0.3, 0.4) is 0 Å². The van der Waals surface area contributed by atoms with Gasteiger partial charge in [-0.25, -0.2) is 0 Å². The van der Waals surface area contributed by atoms with Crippen molar-refractivity contribution in [3.05, 3.63) is 52.9 Å². The molecule has 1 aromatic carbocycles. The van der Waals surface area contributed by atoms with Crippen molar-refractivity contribution < 1.29 is 4.79 Å². The molecule has 22 heavy (non-hydrogen) atoms. The van der Waals surface area contributed by atoms with Crippen LogP contribution in [0.4, 0.5) is 0 Å². The second-order valence-electron chi connectivity index (χ2n) is 4.88. The first-order valence-electron chi connectivity index (χ1n) is 6.84. The van der Waals surface area contributed by atoms with E-state index in [9.17, 15) is 4.79 Å². The van der Waals surface area contributed by atoms with Crippen LogP contribution in [0.15, 0.2) is 41.8 Å². The first kappa shape index (κ1) is 14.4. The molecule has 2 aromatic heterocycles. The summed E-state index contributed by atoms with van der Waals surface area (Å²) in [5.41, 5.74) is 2.26. The van der Waals surface area contributed by atoms with Gasteiger partial charge in [-0.2, -0.15) is 4.80 Å². The molecule has 6 nitrogen and oxygen atoms in total. The van der Waals surface area contributed by atoms with Crippen LogP contribution in [0, 0.1) is 6.92 Å². The molecule has 0 unspecified atom stereocenters. The first-order valence-corrected chi connectivity index (χ1v) is 7.72. The molecule has 112 valence electrons. The summed E-state index contributed by atoms with van der Waals surface area (Å²) in [4.78, 5) is 14.2. The van der Waals surface area contributed by atoms with Gasteiger partial charge in [0, 0.05) is 6.54 Å². The van der Waals surface area contributed by atoms with Gasteiger partial charge in [-0.05, 0) is 29.1 Å². The van der Waals surface area contributed by atoms with Crippen molar-refractivity contribution in [2.75, 3.05) is 0 Å². The zero-order valence-corrected chi connectivity index (χ0v) is 12.9. The number of hydrogen-bond donors (Lipinski definition) is 1. The number of carbonyl (C=O) groups excluding carboxylic acids is 1. The average molecular weight is 313 g/mol. The van der Waals surface area contributed by atoms with Gasteiger partial charge in [-0.15, -0.1) is 21.5 Å². The van der Waals surface area contributed by atoms with Gasteiger partial charge in [-0.1, -0.05) is 35.9 Å². The molecule has 0 aliphatic carbocycles. The van der Waals surface area contributed by atoms with Crippen molar-refractivity contribution in [2.45, 2.75) is 20.0 Å². The molecule has 7 heteroatoms. The van der Waals surface area contributed by atoms with E-state index in [1.54, 1.807) is 0 Å². The topological polar surface area (TPSA) is 72.7 Å². The van der Waals surface area contributed by atoms with Crippen molar-refractivity contribution in [3.63, 3.8) is 0 Å². The minimum Gasteiger partial charge on any atom is -0.350 e. The Hall–Kier alpha value is -2.54. The number of rotatable bonds is 5. The minimum absolute atomic E-state index is 0.0598. The van der Waals surface area contributed by atoms with E-state index < -0.39 is 0 Å². The Balaban J connectivity index is 1.54. The van der Waals surface area contributed by atoms with Crippen LogP contribution in [-0.4, -0.2) is 26.1 Å². The largest absolute Gasteiger partial charge is 0.350 e. The summed E-state index contributed by atoms with van der Waals surface area (Å²) < 4.78 is 0. The van der Waals surface area contributed by atoms with Crippen LogP contribution in [-0.2, 0) is 17.9 Å². The maximum Gasteiger partial charge on any atom is 0.243 e. The van der Waals surface area contributed by atoms with Crippen LogP contribution in [0.1, 0.15) is 11.1 Å². The summed E-state index contributed by atoms with van der Waals surface area (Å²) in [6, 6.07) is 11.9. The van der Waals surface area contributed by atoms with Gasteiger partial charge in [0.25, 0.3) is 0 Å². The van der Waals surface area contributed by atoms with Crippen LogP contribution < -0.4 is 5.32 Å². The highest BCUT2D eigenvalue weighted by Gasteiger charge is 2.09. The van der Waals surface area contributed by atoms with Crippen molar-refractivity contribution in [2.24, 2.45) is 0 Å². The van der Waals surface area contributed by atoms with Crippen LogP contribution in [0.2, 0.25) is 0 Å². The number of aryl methyl sites for hydroxylation is 1. The lowest BCUT2D eigenvalue weighted by Gasteiger charge is -2.04. The van der Waals surface area contributed by atoms with E-state index in [4.69, 9.17) is 0 Å². The zero-order chi connectivity index (χ0) is 15.4. The molecule has 0 radical (unpaired) electrons. The maximum atomic E-state index is 11.9. The molecule has 0 aliphatic heterocycles. The highest BCUT2D eigenvalue weighted by molar-refractivity contribution is 7.13. The van der Waals surface area contributed by atoms with E-state index in [2.05, 4.69) is 20.7 Å². The number of benzene rings is 1. The van der Waals surface area contributed by atoms with Gasteiger partial charge in [0.05, 0.1) is 4.88 Å². The van der Waals surface area contributed by atoms with Crippen LogP contribution in [0.5, 0.6) is 0 Å². The zero-order valence-electron chi connectivity index (χ0n) is 12.1. The maximum absolute atomic E-state index is 11.9. The Kier molecular flexibility index (Phi) is 4.24. The Morgan fingerprint density at radius 3 is 2.82 bits per heavy atom. The lowest BCUT2D eigenvalue weighted by molar-refractivity contribution is -0.122. The molecule has 0 fully saturated rings. The molecule has 3 rings (SSSR count). The molecular formula is C15H15N5OS. The molecule has 0 saturated carbocycles. The summed E-state index contributed by atoms with van der Waals surface area (Å²) in [6.07, 6.45) is 0. The Morgan fingerprint density at radius 2 is 2.09 bits per heavy atom. The van der Waals surface area contributed by atoms with E-state index in [1.807, 2.05) is 48.7 Å². The molecule has 1 amide bonds. The highest BCUT2D eigenvalue weighted by atomic mass is 32.1. The summed E-state index contributed by atoms with van der Waals surface area (Å²) in [5.74, 6) is 0.400. The van der Waals surface area contributed by atoms with Crippen LogP contribution >= 0.6 is 11.3 Å². The fraction of sp³-hybridized carbons (Fsp3) is 0.200. The minimum atomic E-state index is -0.143. The standard InChI is InChI=1S/C15H15N5OS/c1-11-4-6-12(7-5-11)9-16-14(21)10-20-18-15(17-19-20)13-3-2-8-22-13/h2-8H,9-10H2,1H3,(H,16,21). The number of carbonyl (C=O) groups is 1. The summed E-state index contributed by atoms with van der Waals surface area (Å²) in [6.45, 7) is 2.58. The Morgan fingerprint density at radius 1 is 1.27 bits per heavy atom. The quantitative estimate of drug-likeness (QED) is 0.782. The smallest absolute Gasteiger partial charge is 0.243 e. The van der Waals surface area contributed by atoms with Gasteiger partial charge in [0.15, 0.2) is 0 Å². The molecular weight excluding hydrogens is 298 g/mol. The second-order valence-corrected chi connectivity index (χ2v) is 5.83. The van der Waals surface area contributed by atoms with Gasteiger partial charge >= 0.3 is 0 Å². The Labute approximate surface area is 131 Å². The molecule has 0 aliphatic rings. The summed E-state index contributed by atoms with van der Waals surface area (Å²) in [7, 11) is 0. The molecule has 3 aromatic rings. The van der Waals surface area contributed by atoms with Gasteiger partial charge in [-0.3, -0.25) is 4.79 Å². The molecule has 2 heterocycles. The predicted octanol–water partition coefficient (Wildman–Crippen LogP) is 2.03. The van der Waals surface area contributed by atoms with Gasteiger partial charge in [0.1, 0.15) is 6.54 Å². The van der Waals surface area contributed by atoms with Crippen molar-refractivity contribution in [1.29, 1.82) is 0 Å². The molecule has 0 atom stereocenters. The number of thiophene rings is 1. The second kappa shape index (κ2) is 6.48. The number of hydrogen-bond acceptors (Lipinski definition) is 5. The molecule has 0 spiro atoms. The third kappa shape index (κ3) is 3.56. The molecule has 0 bridgehead atoms. The average Bonchev–Trinajstić information content (AvgIpc) is 3.17. The third-order valence-electron chi connectivity index (χ3n) is 3.09. The normalized spacial score (nSPS) is 10.6. The fourth-order valence-electron chi connectivity index (χ4n) is 1.91. The van der Waals surface area contributed by atoms with Crippen molar-refractivity contribution in [1.82, 2.24) is 25.5 Å².